The summed E-state index contributed by atoms with van der Waals surface area (Å²) in [6.07, 6.45) is -0.299. The highest BCUT2D eigenvalue weighted by molar-refractivity contribution is 6.30. The number of para-hydroxylation sites is 1. The molecule has 4 nitrogen and oxygen atoms in total. The van der Waals surface area contributed by atoms with E-state index in [-0.39, 0.29) is 12.3 Å². The van der Waals surface area contributed by atoms with Gasteiger partial charge in [0.25, 0.3) is 5.91 Å². The van der Waals surface area contributed by atoms with Gasteiger partial charge in [0.05, 0.1) is 6.42 Å². The quantitative estimate of drug-likeness (QED) is 0.818. The molecule has 0 aliphatic heterocycles. The molecule has 120 valence electrons. The van der Waals surface area contributed by atoms with Crippen molar-refractivity contribution in [3.05, 3.63) is 65.2 Å². The predicted molar refractivity (Wildman–Crippen MR) is 90.4 cm³/mol. The molecule has 1 amide bonds. The number of anilines is 1. The standard InChI is InChI=1S/C18H18ClNO3/c1-2-16(18(22)20-15-6-4-3-5-7-15)23-17(21)12-13-8-10-14(19)11-9-13/h3-11,16H,2,12H2,1H3,(H,20,22). The van der Waals surface area contributed by atoms with Crippen LogP contribution in [0.2, 0.25) is 5.02 Å². The molecule has 0 radical (unpaired) electrons. The first kappa shape index (κ1) is 17.0. The van der Waals surface area contributed by atoms with Crippen LogP contribution in [-0.2, 0) is 20.7 Å². The summed E-state index contributed by atoms with van der Waals surface area (Å²) in [5.41, 5.74) is 1.46. The minimum absolute atomic E-state index is 0.103. The van der Waals surface area contributed by atoms with Crippen LogP contribution >= 0.6 is 11.6 Å². The average Bonchev–Trinajstić information content (AvgIpc) is 2.55. The van der Waals surface area contributed by atoms with E-state index >= 15 is 0 Å². The molecule has 0 aliphatic rings. The molecule has 0 bridgehead atoms. The summed E-state index contributed by atoms with van der Waals surface area (Å²) in [5.74, 6) is -0.773. The molecule has 0 saturated heterocycles. The Balaban J connectivity index is 1.91. The van der Waals surface area contributed by atoms with Gasteiger partial charge in [-0.15, -0.1) is 0 Å². The number of carbonyl (C=O) groups is 2. The number of ether oxygens (including phenoxy) is 1. The molecule has 0 spiro atoms. The van der Waals surface area contributed by atoms with E-state index in [0.29, 0.717) is 17.1 Å². The van der Waals surface area contributed by atoms with Crippen molar-refractivity contribution >= 4 is 29.2 Å². The lowest BCUT2D eigenvalue weighted by Gasteiger charge is -2.16. The van der Waals surface area contributed by atoms with Crippen LogP contribution in [0.15, 0.2) is 54.6 Å². The van der Waals surface area contributed by atoms with E-state index in [1.807, 2.05) is 18.2 Å². The number of hydrogen-bond acceptors (Lipinski definition) is 3. The fourth-order valence-electron chi connectivity index (χ4n) is 2.04. The molecule has 0 aliphatic carbocycles. The molecule has 0 fully saturated rings. The van der Waals surface area contributed by atoms with Crippen molar-refractivity contribution < 1.29 is 14.3 Å². The van der Waals surface area contributed by atoms with E-state index in [1.165, 1.54) is 0 Å². The smallest absolute Gasteiger partial charge is 0.311 e. The number of amides is 1. The number of benzene rings is 2. The lowest BCUT2D eigenvalue weighted by Crippen LogP contribution is -2.32. The monoisotopic (exact) mass is 331 g/mol. The third-order valence-electron chi connectivity index (χ3n) is 3.24. The van der Waals surface area contributed by atoms with Gasteiger partial charge in [0, 0.05) is 10.7 Å². The Kier molecular flexibility index (Phi) is 6.18. The van der Waals surface area contributed by atoms with Crippen LogP contribution < -0.4 is 5.32 Å². The largest absolute Gasteiger partial charge is 0.452 e. The first-order valence-electron chi connectivity index (χ1n) is 7.38. The molecule has 1 N–H and O–H groups in total. The predicted octanol–water partition coefficient (Wildman–Crippen LogP) is 3.84. The van der Waals surface area contributed by atoms with Crippen LogP contribution in [-0.4, -0.2) is 18.0 Å². The fourth-order valence-corrected chi connectivity index (χ4v) is 2.16. The number of hydrogen-bond donors (Lipinski definition) is 1. The molecule has 2 aromatic carbocycles. The molecule has 0 aromatic heterocycles. The van der Waals surface area contributed by atoms with E-state index in [4.69, 9.17) is 16.3 Å². The van der Waals surface area contributed by atoms with Crippen LogP contribution in [0.5, 0.6) is 0 Å². The second kappa shape index (κ2) is 8.34. The van der Waals surface area contributed by atoms with Crippen molar-refractivity contribution in [1.29, 1.82) is 0 Å². The maximum atomic E-state index is 12.2. The third-order valence-corrected chi connectivity index (χ3v) is 3.49. The Bertz CT molecular complexity index is 656. The Morgan fingerprint density at radius 2 is 1.74 bits per heavy atom. The summed E-state index contributed by atoms with van der Waals surface area (Å²) in [6, 6.07) is 16.0. The van der Waals surface area contributed by atoms with Gasteiger partial charge < -0.3 is 10.1 Å². The maximum absolute atomic E-state index is 12.2. The van der Waals surface area contributed by atoms with Crippen molar-refractivity contribution in [3.8, 4) is 0 Å². The molecule has 0 heterocycles. The van der Waals surface area contributed by atoms with Crippen LogP contribution in [0, 0.1) is 0 Å². The lowest BCUT2D eigenvalue weighted by molar-refractivity contribution is -0.153. The van der Waals surface area contributed by atoms with Gasteiger partial charge >= 0.3 is 5.97 Å². The van der Waals surface area contributed by atoms with Gasteiger partial charge in [-0.25, -0.2) is 0 Å². The van der Waals surface area contributed by atoms with Crippen LogP contribution in [0.1, 0.15) is 18.9 Å². The van der Waals surface area contributed by atoms with Gasteiger partial charge in [0.1, 0.15) is 0 Å². The number of halogens is 1. The SMILES string of the molecule is CCC(OC(=O)Cc1ccc(Cl)cc1)C(=O)Nc1ccccc1. The number of esters is 1. The molecular weight excluding hydrogens is 314 g/mol. The molecule has 23 heavy (non-hydrogen) atoms. The second-order valence-corrected chi connectivity index (χ2v) is 5.48. The molecule has 1 unspecified atom stereocenters. The molecule has 5 heteroatoms. The molecule has 0 saturated carbocycles. The first-order valence-corrected chi connectivity index (χ1v) is 7.76. The highest BCUT2D eigenvalue weighted by Gasteiger charge is 2.21. The minimum Gasteiger partial charge on any atom is -0.452 e. The zero-order chi connectivity index (χ0) is 16.7. The third kappa shape index (κ3) is 5.42. The van der Waals surface area contributed by atoms with Crippen molar-refractivity contribution in [1.82, 2.24) is 0 Å². The Hall–Kier alpha value is -2.33. The van der Waals surface area contributed by atoms with Crippen LogP contribution in [0.25, 0.3) is 0 Å². The van der Waals surface area contributed by atoms with Gasteiger partial charge in [0.2, 0.25) is 0 Å². The first-order chi connectivity index (χ1) is 11.1. The fraction of sp³-hybridized carbons (Fsp3) is 0.222. The van der Waals surface area contributed by atoms with Gasteiger partial charge in [-0.05, 0) is 36.2 Å². The molecule has 2 rings (SSSR count). The second-order valence-electron chi connectivity index (χ2n) is 5.05. The van der Waals surface area contributed by atoms with Crippen molar-refractivity contribution in [3.63, 3.8) is 0 Å². The van der Waals surface area contributed by atoms with Crippen LogP contribution in [0.3, 0.4) is 0 Å². The summed E-state index contributed by atoms with van der Waals surface area (Å²) in [6.45, 7) is 1.80. The zero-order valence-electron chi connectivity index (χ0n) is 12.8. The van der Waals surface area contributed by atoms with Crippen LogP contribution in [0.4, 0.5) is 5.69 Å². The zero-order valence-corrected chi connectivity index (χ0v) is 13.5. The number of carbonyl (C=O) groups excluding carboxylic acids is 2. The van der Waals surface area contributed by atoms with E-state index in [9.17, 15) is 9.59 Å². The van der Waals surface area contributed by atoms with E-state index < -0.39 is 12.1 Å². The Morgan fingerprint density at radius 1 is 1.09 bits per heavy atom. The summed E-state index contributed by atoms with van der Waals surface area (Å²) in [5, 5.41) is 3.34. The lowest BCUT2D eigenvalue weighted by atomic mass is 10.1. The number of nitrogens with one attached hydrogen (secondary N) is 1. The summed E-state index contributed by atoms with van der Waals surface area (Å²) in [7, 11) is 0. The summed E-state index contributed by atoms with van der Waals surface area (Å²) < 4.78 is 5.28. The maximum Gasteiger partial charge on any atom is 0.311 e. The topological polar surface area (TPSA) is 55.4 Å². The van der Waals surface area contributed by atoms with Crippen molar-refractivity contribution in [2.75, 3.05) is 5.32 Å². The van der Waals surface area contributed by atoms with Gasteiger partial charge in [-0.1, -0.05) is 48.9 Å². The van der Waals surface area contributed by atoms with Crippen molar-refractivity contribution in [2.24, 2.45) is 0 Å². The molecule has 2 aromatic rings. The highest BCUT2D eigenvalue weighted by atomic mass is 35.5. The Morgan fingerprint density at radius 3 is 2.35 bits per heavy atom. The van der Waals surface area contributed by atoms with E-state index in [0.717, 1.165) is 5.56 Å². The number of rotatable bonds is 6. The summed E-state index contributed by atoms with van der Waals surface area (Å²) in [4.78, 5) is 24.2. The molecular formula is C18H18ClNO3. The average molecular weight is 332 g/mol. The Labute approximate surface area is 140 Å². The van der Waals surface area contributed by atoms with E-state index in [2.05, 4.69) is 5.32 Å². The van der Waals surface area contributed by atoms with Gasteiger partial charge in [-0.2, -0.15) is 0 Å². The van der Waals surface area contributed by atoms with Gasteiger partial charge in [0.15, 0.2) is 6.10 Å². The van der Waals surface area contributed by atoms with Gasteiger partial charge in [-0.3, -0.25) is 9.59 Å². The molecule has 1 atom stereocenters. The minimum atomic E-state index is -0.810. The summed E-state index contributed by atoms with van der Waals surface area (Å²) >= 11 is 5.80. The van der Waals surface area contributed by atoms with Crippen molar-refractivity contribution in [2.45, 2.75) is 25.9 Å². The normalized spacial score (nSPS) is 11.6. The highest BCUT2D eigenvalue weighted by Crippen LogP contribution is 2.12. The van der Waals surface area contributed by atoms with E-state index in [1.54, 1.807) is 43.3 Å².